The summed E-state index contributed by atoms with van der Waals surface area (Å²) in [6.45, 7) is 1.97. The van der Waals surface area contributed by atoms with Crippen LogP contribution in [0.1, 0.15) is 48.2 Å². The highest BCUT2D eigenvalue weighted by atomic mass is 16.5. The van der Waals surface area contributed by atoms with Gasteiger partial charge in [0.2, 0.25) is 5.95 Å². The van der Waals surface area contributed by atoms with Crippen molar-refractivity contribution in [3.05, 3.63) is 65.9 Å². The van der Waals surface area contributed by atoms with Gasteiger partial charge in [0, 0.05) is 29.2 Å². The van der Waals surface area contributed by atoms with Crippen LogP contribution >= 0.6 is 0 Å². The molecule has 4 rings (SSSR count). The number of hydrogen-bond donors (Lipinski definition) is 3. The van der Waals surface area contributed by atoms with Gasteiger partial charge in [0.15, 0.2) is 0 Å². The van der Waals surface area contributed by atoms with Crippen LogP contribution in [-0.2, 0) is 0 Å². The Morgan fingerprint density at radius 1 is 0.969 bits per heavy atom. The zero-order valence-electron chi connectivity index (χ0n) is 18.5. The summed E-state index contributed by atoms with van der Waals surface area (Å²) in [5, 5.41) is 9.72. The van der Waals surface area contributed by atoms with E-state index in [-0.39, 0.29) is 5.91 Å². The van der Waals surface area contributed by atoms with E-state index in [2.05, 4.69) is 25.9 Å². The smallest absolute Gasteiger partial charge is 0.259 e. The van der Waals surface area contributed by atoms with Crippen LogP contribution < -0.4 is 20.7 Å². The quantitative estimate of drug-likeness (QED) is 0.456. The van der Waals surface area contributed by atoms with Crippen LogP contribution in [0.25, 0.3) is 0 Å². The number of carbonyl (C=O) groups excluding carboxylic acids is 1. The van der Waals surface area contributed by atoms with Crippen molar-refractivity contribution in [1.29, 1.82) is 0 Å². The molecule has 7 nitrogen and oxygen atoms in total. The number of aromatic nitrogens is 2. The molecule has 0 unspecified atom stereocenters. The van der Waals surface area contributed by atoms with E-state index >= 15 is 0 Å². The maximum absolute atomic E-state index is 12.6. The number of nitrogens with zero attached hydrogens (tertiary/aromatic N) is 2. The number of methoxy groups -OCH3 is 1. The van der Waals surface area contributed by atoms with Gasteiger partial charge < -0.3 is 20.7 Å². The minimum Gasteiger partial charge on any atom is -0.496 e. The van der Waals surface area contributed by atoms with Gasteiger partial charge in [-0.05, 0) is 56.2 Å². The Balaban J connectivity index is 1.40. The van der Waals surface area contributed by atoms with Crippen LogP contribution in [0.15, 0.2) is 54.6 Å². The predicted molar refractivity (Wildman–Crippen MR) is 128 cm³/mol. The highest BCUT2D eigenvalue weighted by molar-refractivity contribution is 6.06. The number of ether oxygens (including phenoxy) is 1. The standard InChI is InChI=1S/C25H29N5O2/c1-17-16-23(30-25(26-17)29-18-8-4-3-5-9-18)27-19-12-14-20(15-13-19)28-24(31)21-10-6-7-11-22(21)32-2/h6-7,10-16,18H,3-5,8-9H2,1-2H3,(H,28,31)(H2,26,27,29,30). The third-order valence-corrected chi connectivity index (χ3v) is 5.56. The summed E-state index contributed by atoms with van der Waals surface area (Å²) in [5.41, 5.74) is 2.97. The van der Waals surface area contributed by atoms with Crippen LogP contribution in [-0.4, -0.2) is 29.0 Å². The Bertz CT molecular complexity index is 1060. The molecular formula is C25H29N5O2. The number of para-hydroxylation sites is 1. The molecule has 0 bridgehead atoms. The summed E-state index contributed by atoms with van der Waals surface area (Å²) < 4.78 is 5.27. The topological polar surface area (TPSA) is 88.2 Å². The SMILES string of the molecule is COc1ccccc1C(=O)Nc1ccc(Nc2cc(C)nc(NC3CCCCC3)n2)cc1. The molecule has 2 aromatic carbocycles. The van der Waals surface area contributed by atoms with Crippen LogP contribution in [0.4, 0.5) is 23.1 Å². The van der Waals surface area contributed by atoms with Crippen LogP contribution in [0, 0.1) is 6.92 Å². The molecule has 1 saturated carbocycles. The molecule has 1 heterocycles. The largest absolute Gasteiger partial charge is 0.496 e. The van der Waals surface area contributed by atoms with Crippen molar-refractivity contribution in [2.75, 3.05) is 23.1 Å². The van der Waals surface area contributed by atoms with E-state index in [1.807, 2.05) is 49.4 Å². The molecule has 1 fully saturated rings. The number of hydrogen-bond acceptors (Lipinski definition) is 6. The highest BCUT2D eigenvalue weighted by Gasteiger charge is 2.15. The second kappa shape index (κ2) is 10.1. The Morgan fingerprint density at radius 3 is 2.44 bits per heavy atom. The third-order valence-electron chi connectivity index (χ3n) is 5.56. The first-order valence-electron chi connectivity index (χ1n) is 11.0. The second-order valence-electron chi connectivity index (χ2n) is 8.05. The molecule has 0 spiro atoms. The van der Waals surface area contributed by atoms with E-state index in [0.717, 1.165) is 17.2 Å². The number of rotatable bonds is 7. The number of nitrogens with one attached hydrogen (secondary N) is 3. The van der Waals surface area contributed by atoms with Crippen molar-refractivity contribution in [3.63, 3.8) is 0 Å². The first-order chi connectivity index (χ1) is 15.6. The molecule has 3 N–H and O–H groups in total. The number of carbonyl (C=O) groups is 1. The van der Waals surface area contributed by atoms with E-state index in [1.54, 1.807) is 19.2 Å². The summed E-state index contributed by atoms with van der Waals surface area (Å²) in [6, 6.07) is 17.0. The fraction of sp³-hybridized carbons (Fsp3) is 0.320. The van der Waals surface area contributed by atoms with Crippen molar-refractivity contribution in [2.24, 2.45) is 0 Å². The Morgan fingerprint density at radius 2 is 1.69 bits per heavy atom. The lowest BCUT2D eigenvalue weighted by Gasteiger charge is -2.23. The lowest BCUT2D eigenvalue weighted by atomic mass is 9.96. The summed E-state index contributed by atoms with van der Waals surface area (Å²) in [4.78, 5) is 21.8. The molecule has 0 atom stereocenters. The van der Waals surface area contributed by atoms with Gasteiger partial charge in [-0.3, -0.25) is 4.79 Å². The molecule has 7 heteroatoms. The van der Waals surface area contributed by atoms with Crippen molar-refractivity contribution in [3.8, 4) is 5.75 Å². The average Bonchev–Trinajstić information content (AvgIpc) is 2.80. The second-order valence-corrected chi connectivity index (χ2v) is 8.05. The molecule has 1 amide bonds. The molecule has 1 aliphatic carbocycles. The normalized spacial score (nSPS) is 13.9. The van der Waals surface area contributed by atoms with Crippen LogP contribution in [0.5, 0.6) is 5.75 Å². The molecule has 166 valence electrons. The van der Waals surface area contributed by atoms with E-state index in [1.165, 1.54) is 32.1 Å². The molecule has 0 radical (unpaired) electrons. The van der Waals surface area contributed by atoms with Crippen molar-refractivity contribution in [2.45, 2.75) is 45.1 Å². The van der Waals surface area contributed by atoms with Gasteiger partial charge in [0.05, 0.1) is 12.7 Å². The Kier molecular flexibility index (Phi) is 6.84. The lowest BCUT2D eigenvalue weighted by molar-refractivity contribution is 0.102. The van der Waals surface area contributed by atoms with E-state index < -0.39 is 0 Å². The summed E-state index contributed by atoms with van der Waals surface area (Å²) in [5.74, 6) is 1.73. The van der Waals surface area contributed by atoms with E-state index in [0.29, 0.717) is 29.0 Å². The van der Waals surface area contributed by atoms with Crippen molar-refractivity contribution < 1.29 is 9.53 Å². The fourth-order valence-corrected chi connectivity index (χ4v) is 3.94. The lowest BCUT2D eigenvalue weighted by Crippen LogP contribution is -2.23. The van der Waals surface area contributed by atoms with Gasteiger partial charge in [-0.15, -0.1) is 0 Å². The number of benzene rings is 2. The maximum atomic E-state index is 12.6. The van der Waals surface area contributed by atoms with Gasteiger partial charge >= 0.3 is 0 Å². The summed E-state index contributed by atoms with van der Waals surface area (Å²) in [6.07, 6.45) is 6.17. The van der Waals surface area contributed by atoms with Gasteiger partial charge in [-0.2, -0.15) is 4.98 Å². The predicted octanol–water partition coefficient (Wildman–Crippen LogP) is 5.53. The number of amides is 1. The van der Waals surface area contributed by atoms with E-state index in [4.69, 9.17) is 4.74 Å². The molecule has 1 aromatic heterocycles. The first kappa shape index (κ1) is 21.6. The molecule has 0 aliphatic heterocycles. The molecule has 0 saturated heterocycles. The minimum absolute atomic E-state index is 0.215. The zero-order chi connectivity index (χ0) is 22.3. The zero-order valence-corrected chi connectivity index (χ0v) is 18.5. The van der Waals surface area contributed by atoms with Crippen molar-refractivity contribution in [1.82, 2.24) is 9.97 Å². The van der Waals surface area contributed by atoms with Crippen LogP contribution in [0.2, 0.25) is 0 Å². The number of anilines is 4. The molecular weight excluding hydrogens is 402 g/mol. The monoisotopic (exact) mass is 431 g/mol. The molecule has 32 heavy (non-hydrogen) atoms. The van der Waals surface area contributed by atoms with Gasteiger partial charge in [-0.25, -0.2) is 4.98 Å². The van der Waals surface area contributed by atoms with E-state index in [9.17, 15) is 4.79 Å². The Hall–Kier alpha value is -3.61. The minimum atomic E-state index is -0.215. The third kappa shape index (κ3) is 5.55. The van der Waals surface area contributed by atoms with Crippen molar-refractivity contribution >= 4 is 29.0 Å². The van der Waals surface area contributed by atoms with Crippen LogP contribution in [0.3, 0.4) is 0 Å². The fourth-order valence-electron chi connectivity index (χ4n) is 3.94. The summed E-state index contributed by atoms with van der Waals surface area (Å²) >= 11 is 0. The van der Waals surface area contributed by atoms with Gasteiger partial charge in [-0.1, -0.05) is 31.4 Å². The summed E-state index contributed by atoms with van der Waals surface area (Å²) in [7, 11) is 1.55. The van der Waals surface area contributed by atoms with Gasteiger partial charge in [0.25, 0.3) is 5.91 Å². The van der Waals surface area contributed by atoms with Gasteiger partial charge in [0.1, 0.15) is 11.6 Å². The highest BCUT2D eigenvalue weighted by Crippen LogP contribution is 2.24. The Labute approximate surface area is 188 Å². The number of aryl methyl sites for hydroxylation is 1. The average molecular weight is 432 g/mol. The molecule has 3 aromatic rings. The molecule has 1 aliphatic rings. The first-order valence-corrected chi connectivity index (χ1v) is 11.0. The maximum Gasteiger partial charge on any atom is 0.259 e.